The van der Waals surface area contributed by atoms with Gasteiger partial charge in [0.05, 0.1) is 11.0 Å². The zero-order valence-corrected chi connectivity index (χ0v) is 9.85. The number of rotatable bonds is 4. The van der Waals surface area contributed by atoms with E-state index in [2.05, 4.69) is 33.3 Å². The van der Waals surface area contributed by atoms with Gasteiger partial charge in [-0.25, -0.2) is 0 Å². The normalized spacial score (nSPS) is 12.2. The molecule has 17 heavy (non-hydrogen) atoms. The van der Waals surface area contributed by atoms with Crippen LogP contribution >= 0.6 is 0 Å². The van der Waals surface area contributed by atoms with Crippen LogP contribution in [-0.2, 0) is 0 Å². The van der Waals surface area contributed by atoms with Crippen LogP contribution in [0.5, 0.6) is 0 Å². The van der Waals surface area contributed by atoms with Gasteiger partial charge in [0.2, 0.25) is 0 Å². The van der Waals surface area contributed by atoms with Gasteiger partial charge in [-0.15, -0.1) is 12.3 Å². The number of nitrogens with zero attached hydrogens (tertiary/aromatic N) is 2. The monoisotopic (exact) mass is 225 g/mol. The molecule has 1 unspecified atom stereocenters. The molecule has 1 N–H and O–H groups in total. The van der Waals surface area contributed by atoms with Crippen molar-refractivity contribution in [3.05, 3.63) is 36.2 Å². The Kier molecular flexibility index (Phi) is 3.69. The summed E-state index contributed by atoms with van der Waals surface area (Å²) in [6.07, 6.45) is 10.4. The highest BCUT2D eigenvalue weighted by Gasteiger charge is 2.09. The van der Waals surface area contributed by atoms with Gasteiger partial charge in [0.1, 0.15) is 0 Å². The predicted octanol–water partition coefficient (Wildman–Crippen LogP) is 2.30. The Balaban J connectivity index is 2.31. The smallest absolute Gasteiger partial charge is 0.0890 e. The molecule has 0 aliphatic rings. The summed E-state index contributed by atoms with van der Waals surface area (Å²) in [5.74, 6) is 2.67. The summed E-state index contributed by atoms with van der Waals surface area (Å²) in [6, 6.07) is 6.42. The lowest BCUT2D eigenvalue weighted by molar-refractivity contribution is 0.559. The van der Waals surface area contributed by atoms with Crippen LogP contribution in [0.3, 0.4) is 0 Å². The van der Waals surface area contributed by atoms with E-state index in [-0.39, 0.29) is 6.04 Å². The number of fused-ring (bicyclic) bond motifs is 1. The van der Waals surface area contributed by atoms with Crippen molar-refractivity contribution >= 4 is 11.0 Å². The van der Waals surface area contributed by atoms with Crippen molar-refractivity contribution in [3.8, 4) is 12.3 Å². The van der Waals surface area contributed by atoms with Gasteiger partial charge in [0.15, 0.2) is 0 Å². The van der Waals surface area contributed by atoms with Crippen LogP contribution in [0.1, 0.15) is 24.4 Å². The van der Waals surface area contributed by atoms with E-state index in [0.717, 1.165) is 23.9 Å². The second-order valence-electron chi connectivity index (χ2n) is 3.89. The molecule has 0 radical (unpaired) electrons. The number of hydrogen-bond donors (Lipinski definition) is 1. The summed E-state index contributed by atoms with van der Waals surface area (Å²) >= 11 is 0. The van der Waals surface area contributed by atoms with Crippen LogP contribution in [0.15, 0.2) is 30.6 Å². The van der Waals surface area contributed by atoms with E-state index in [1.54, 1.807) is 12.4 Å². The van der Waals surface area contributed by atoms with Crippen LogP contribution in [0.2, 0.25) is 0 Å². The topological polar surface area (TPSA) is 37.8 Å². The Hall–Kier alpha value is -1.92. The second kappa shape index (κ2) is 5.42. The maximum Gasteiger partial charge on any atom is 0.0890 e. The molecule has 2 rings (SSSR count). The molecule has 0 bridgehead atoms. The summed E-state index contributed by atoms with van der Waals surface area (Å²) in [4.78, 5) is 8.56. The molecule has 2 aromatic rings. The molecule has 0 fully saturated rings. The minimum Gasteiger partial charge on any atom is -0.313 e. The molecule has 1 aromatic heterocycles. The fraction of sp³-hybridized carbons (Fsp3) is 0.286. The number of terminal acetylenes is 1. The molecule has 1 atom stereocenters. The van der Waals surface area contributed by atoms with Crippen LogP contribution in [-0.4, -0.2) is 17.0 Å². The fourth-order valence-electron chi connectivity index (χ4n) is 1.90. The fourth-order valence-corrected chi connectivity index (χ4v) is 1.90. The molecule has 0 aliphatic heterocycles. The van der Waals surface area contributed by atoms with E-state index in [0.29, 0.717) is 0 Å². The van der Waals surface area contributed by atoms with Crippen LogP contribution < -0.4 is 5.32 Å². The third kappa shape index (κ3) is 2.61. The molecular formula is C14H15N3. The Bertz CT molecular complexity index is 542. The Morgan fingerprint density at radius 1 is 1.29 bits per heavy atom. The number of aromatic nitrogens is 2. The van der Waals surface area contributed by atoms with Crippen molar-refractivity contribution < 1.29 is 0 Å². The lowest BCUT2D eigenvalue weighted by atomic mass is 10.0. The number of benzene rings is 1. The third-order valence-corrected chi connectivity index (χ3v) is 2.82. The zero-order valence-electron chi connectivity index (χ0n) is 9.85. The maximum atomic E-state index is 5.30. The summed E-state index contributed by atoms with van der Waals surface area (Å²) in [5.41, 5.74) is 3.05. The van der Waals surface area contributed by atoms with Gasteiger partial charge in [0.25, 0.3) is 0 Å². The van der Waals surface area contributed by atoms with Crippen molar-refractivity contribution in [2.45, 2.75) is 18.9 Å². The molecule has 0 saturated carbocycles. The average Bonchev–Trinajstić information content (AvgIpc) is 2.39. The summed E-state index contributed by atoms with van der Waals surface area (Å²) < 4.78 is 0. The van der Waals surface area contributed by atoms with Crippen molar-refractivity contribution in [1.82, 2.24) is 15.3 Å². The third-order valence-electron chi connectivity index (χ3n) is 2.82. The second-order valence-corrected chi connectivity index (χ2v) is 3.89. The predicted molar refractivity (Wildman–Crippen MR) is 69.4 cm³/mol. The number of nitrogens with one attached hydrogen (secondary N) is 1. The van der Waals surface area contributed by atoms with Crippen molar-refractivity contribution in [2.75, 3.05) is 7.05 Å². The minimum absolute atomic E-state index is 0.275. The minimum atomic E-state index is 0.275. The first-order chi connectivity index (χ1) is 8.35. The summed E-state index contributed by atoms with van der Waals surface area (Å²) in [6.45, 7) is 0. The van der Waals surface area contributed by atoms with Gasteiger partial charge in [-0.05, 0) is 31.2 Å². The molecular weight excluding hydrogens is 210 g/mol. The summed E-state index contributed by atoms with van der Waals surface area (Å²) in [5, 5.41) is 3.27. The van der Waals surface area contributed by atoms with Gasteiger partial charge in [-0.2, -0.15) is 0 Å². The molecule has 1 aromatic carbocycles. The average molecular weight is 225 g/mol. The van der Waals surface area contributed by atoms with Crippen molar-refractivity contribution in [3.63, 3.8) is 0 Å². The largest absolute Gasteiger partial charge is 0.313 e. The molecule has 0 amide bonds. The quantitative estimate of drug-likeness (QED) is 0.811. The molecule has 3 nitrogen and oxygen atoms in total. The highest BCUT2D eigenvalue weighted by Crippen LogP contribution is 2.20. The van der Waals surface area contributed by atoms with E-state index < -0.39 is 0 Å². The highest BCUT2D eigenvalue weighted by molar-refractivity contribution is 5.74. The van der Waals surface area contributed by atoms with E-state index in [1.165, 1.54) is 5.56 Å². The summed E-state index contributed by atoms with van der Waals surface area (Å²) in [7, 11) is 1.95. The van der Waals surface area contributed by atoms with Crippen LogP contribution in [0.4, 0.5) is 0 Å². The van der Waals surface area contributed by atoms with Gasteiger partial charge in [-0.3, -0.25) is 9.97 Å². The first-order valence-corrected chi connectivity index (χ1v) is 5.66. The molecule has 3 heteroatoms. The molecule has 86 valence electrons. The number of hydrogen-bond acceptors (Lipinski definition) is 3. The lowest BCUT2D eigenvalue weighted by Crippen LogP contribution is -2.16. The van der Waals surface area contributed by atoms with Gasteiger partial charge in [-0.1, -0.05) is 6.07 Å². The maximum absolute atomic E-state index is 5.30. The molecule has 0 saturated heterocycles. The van der Waals surface area contributed by atoms with E-state index in [1.807, 2.05) is 13.1 Å². The molecule has 1 heterocycles. The Morgan fingerprint density at radius 2 is 2.06 bits per heavy atom. The lowest BCUT2D eigenvalue weighted by Gasteiger charge is -2.15. The van der Waals surface area contributed by atoms with Crippen molar-refractivity contribution in [1.29, 1.82) is 0 Å². The Labute approximate surface area is 101 Å². The van der Waals surface area contributed by atoms with Gasteiger partial charge >= 0.3 is 0 Å². The van der Waals surface area contributed by atoms with Gasteiger partial charge in [0, 0.05) is 24.9 Å². The standard InChI is InChI=1S/C14H15N3/c1-3-4-5-12(15-2)11-6-7-13-14(10-11)17-9-8-16-13/h1,6-10,12,15H,4-5H2,2H3. The SMILES string of the molecule is C#CCCC(NC)c1ccc2nccnc2c1. The van der Waals surface area contributed by atoms with Gasteiger partial charge < -0.3 is 5.32 Å². The van der Waals surface area contributed by atoms with E-state index >= 15 is 0 Å². The highest BCUT2D eigenvalue weighted by atomic mass is 14.9. The Morgan fingerprint density at radius 3 is 2.76 bits per heavy atom. The first kappa shape index (κ1) is 11.6. The molecule has 0 aliphatic carbocycles. The van der Waals surface area contributed by atoms with E-state index in [4.69, 9.17) is 6.42 Å². The van der Waals surface area contributed by atoms with Crippen molar-refractivity contribution in [2.24, 2.45) is 0 Å². The van der Waals surface area contributed by atoms with Crippen LogP contribution in [0, 0.1) is 12.3 Å². The zero-order chi connectivity index (χ0) is 12.1. The van der Waals surface area contributed by atoms with E-state index in [9.17, 15) is 0 Å². The van der Waals surface area contributed by atoms with Crippen LogP contribution in [0.25, 0.3) is 11.0 Å². The first-order valence-electron chi connectivity index (χ1n) is 5.66. The molecule has 0 spiro atoms.